The number of rotatable bonds is 3. The lowest BCUT2D eigenvalue weighted by Gasteiger charge is -2.35. The van der Waals surface area contributed by atoms with E-state index in [4.69, 9.17) is 5.73 Å². The molecule has 0 aliphatic carbocycles. The van der Waals surface area contributed by atoms with Crippen molar-refractivity contribution in [2.75, 3.05) is 25.0 Å². The molecule has 1 aromatic rings. The molecule has 3 N–H and O–H groups in total. The summed E-state index contributed by atoms with van der Waals surface area (Å²) in [6.07, 6.45) is 1.65. The van der Waals surface area contributed by atoms with E-state index in [0.29, 0.717) is 12.4 Å². The predicted molar refractivity (Wildman–Crippen MR) is 65.0 cm³/mol. The normalized spacial score (nSPS) is 16.9. The summed E-state index contributed by atoms with van der Waals surface area (Å²) in [4.78, 5) is 17.6. The minimum Gasteiger partial charge on any atom is -0.325 e. The Morgan fingerprint density at radius 2 is 2.38 bits per heavy atom. The molecule has 1 aliphatic heterocycles. The van der Waals surface area contributed by atoms with Crippen LogP contribution in [0.1, 0.15) is 0 Å². The van der Waals surface area contributed by atoms with Crippen molar-refractivity contribution in [2.45, 2.75) is 6.04 Å². The van der Waals surface area contributed by atoms with Gasteiger partial charge in [0.25, 0.3) is 0 Å². The number of nitrogens with zero attached hydrogens (tertiary/aromatic N) is 2. The predicted octanol–water partition coefficient (Wildman–Crippen LogP) is 0.426. The summed E-state index contributed by atoms with van der Waals surface area (Å²) in [5.41, 5.74) is 5.62. The first-order chi connectivity index (χ1) is 7.63. The van der Waals surface area contributed by atoms with E-state index in [1.807, 2.05) is 11.0 Å². The lowest BCUT2D eigenvalue weighted by Crippen LogP contribution is -2.57. The number of amides is 1. The standard InChI is InChI=1S/C10H13BrN4O/c11-7-1-2-9(13-3-7)14-10(16)6-15-4-8(12)5-15/h1-3,8H,4-6,12H2,(H,13,14,16). The minimum absolute atomic E-state index is 0.0540. The molecule has 6 heteroatoms. The second-order valence-corrected chi connectivity index (χ2v) is 4.78. The minimum atomic E-state index is -0.0540. The fourth-order valence-electron chi connectivity index (χ4n) is 1.57. The van der Waals surface area contributed by atoms with Crippen molar-refractivity contribution in [3.05, 3.63) is 22.8 Å². The molecule has 0 bridgehead atoms. The number of hydrogen-bond acceptors (Lipinski definition) is 4. The van der Waals surface area contributed by atoms with Gasteiger partial charge >= 0.3 is 0 Å². The zero-order valence-corrected chi connectivity index (χ0v) is 10.3. The first-order valence-corrected chi connectivity index (χ1v) is 5.82. The van der Waals surface area contributed by atoms with Gasteiger partial charge in [0.15, 0.2) is 0 Å². The maximum Gasteiger partial charge on any atom is 0.239 e. The van der Waals surface area contributed by atoms with Gasteiger partial charge in [0.05, 0.1) is 6.54 Å². The molecule has 1 amide bonds. The van der Waals surface area contributed by atoms with Crippen LogP contribution >= 0.6 is 15.9 Å². The van der Waals surface area contributed by atoms with Crippen LogP contribution in [0.2, 0.25) is 0 Å². The number of nitrogens with one attached hydrogen (secondary N) is 1. The fourth-order valence-corrected chi connectivity index (χ4v) is 1.81. The highest BCUT2D eigenvalue weighted by Gasteiger charge is 2.24. The van der Waals surface area contributed by atoms with Gasteiger partial charge in [0.1, 0.15) is 5.82 Å². The maximum atomic E-state index is 11.6. The summed E-state index contributed by atoms with van der Waals surface area (Å²) in [5.74, 6) is 0.514. The third-order valence-electron chi connectivity index (χ3n) is 2.35. The second kappa shape index (κ2) is 4.90. The Balaban J connectivity index is 1.80. The number of pyridine rings is 1. The molecule has 0 unspecified atom stereocenters. The number of carbonyl (C=O) groups excluding carboxylic acids is 1. The molecule has 1 saturated heterocycles. The molecule has 0 aromatic carbocycles. The van der Waals surface area contributed by atoms with Crippen LogP contribution in [0.25, 0.3) is 0 Å². The quantitative estimate of drug-likeness (QED) is 0.844. The molecule has 0 saturated carbocycles. The van der Waals surface area contributed by atoms with Gasteiger partial charge in [-0.3, -0.25) is 9.69 Å². The number of anilines is 1. The Kier molecular flexibility index (Phi) is 3.52. The molecule has 2 heterocycles. The van der Waals surface area contributed by atoms with Gasteiger partial charge in [-0.15, -0.1) is 0 Å². The molecule has 2 rings (SSSR count). The van der Waals surface area contributed by atoms with Crippen LogP contribution in [-0.4, -0.2) is 41.5 Å². The molecule has 0 atom stereocenters. The van der Waals surface area contributed by atoms with Gasteiger partial charge in [0.2, 0.25) is 5.91 Å². The van der Waals surface area contributed by atoms with Crippen LogP contribution in [0.4, 0.5) is 5.82 Å². The highest BCUT2D eigenvalue weighted by atomic mass is 79.9. The third-order valence-corrected chi connectivity index (χ3v) is 2.82. The Hall–Kier alpha value is -0.980. The molecule has 1 aromatic heterocycles. The van der Waals surface area contributed by atoms with Crippen LogP contribution in [-0.2, 0) is 4.79 Å². The zero-order valence-electron chi connectivity index (χ0n) is 8.69. The number of aromatic nitrogens is 1. The molecule has 1 aliphatic rings. The van der Waals surface area contributed by atoms with Crippen molar-refractivity contribution in [3.63, 3.8) is 0 Å². The molecular formula is C10H13BrN4O. The van der Waals surface area contributed by atoms with Gasteiger partial charge in [0, 0.05) is 29.8 Å². The van der Waals surface area contributed by atoms with Gasteiger partial charge in [-0.2, -0.15) is 0 Å². The van der Waals surface area contributed by atoms with E-state index in [2.05, 4.69) is 26.2 Å². The van der Waals surface area contributed by atoms with Crippen molar-refractivity contribution in [2.24, 2.45) is 5.73 Å². The van der Waals surface area contributed by atoms with Gasteiger partial charge in [-0.05, 0) is 28.1 Å². The fraction of sp³-hybridized carbons (Fsp3) is 0.400. The van der Waals surface area contributed by atoms with E-state index in [1.54, 1.807) is 12.3 Å². The highest BCUT2D eigenvalue weighted by Crippen LogP contribution is 2.11. The Bertz CT molecular complexity index is 375. The van der Waals surface area contributed by atoms with Gasteiger partial charge in [-0.1, -0.05) is 0 Å². The van der Waals surface area contributed by atoms with Gasteiger partial charge < -0.3 is 11.1 Å². The second-order valence-electron chi connectivity index (χ2n) is 3.86. The monoisotopic (exact) mass is 284 g/mol. The first-order valence-electron chi connectivity index (χ1n) is 5.03. The first kappa shape index (κ1) is 11.5. The number of likely N-dealkylation sites (tertiary alicyclic amines) is 1. The lowest BCUT2D eigenvalue weighted by molar-refractivity contribution is -0.118. The molecule has 0 spiro atoms. The summed E-state index contributed by atoms with van der Waals surface area (Å²) < 4.78 is 0.888. The van der Waals surface area contributed by atoms with Crippen LogP contribution < -0.4 is 11.1 Å². The topological polar surface area (TPSA) is 71.2 Å². The number of halogens is 1. The van der Waals surface area contributed by atoms with Crippen LogP contribution in [0.3, 0.4) is 0 Å². The number of hydrogen-bond donors (Lipinski definition) is 2. The highest BCUT2D eigenvalue weighted by molar-refractivity contribution is 9.10. The smallest absolute Gasteiger partial charge is 0.239 e. The maximum absolute atomic E-state index is 11.6. The van der Waals surface area contributed by atoms with Crippen molar-refractivity contribution < 1.29 is 4.79 Å². The summed E-state index contributed by atoms with van der Waals surface area (Å²) in [6.45, 7) is 1.97. The van der Waals surface area contributed by atoms with Crippen LogP contribution in [0, 0.1) is 0 Å². The summed E-state index contributed by atoms with van der Waals surface area (Å²) >= 11 is 3.28. The Morgan fingerprint density at radius 1 is 1.62 bits per heavy atom. The van der Waals surface area contributed by atoms with E-state index in [1.165, 1.54) is 0 Å². The molecule has 16 heavy (non-hydrogen) atoms. The zero-order chi connectivity index (χ0) is 11.5. The van der Waals surface area contributed by atoms with Crippen LogP contribution in [0.15, 0.2) is 22.8 Å². The van der Waals surface area contributed by atoms with Crippen molar-refractivity contribution in [1.29, 1.82) is 0 Å². The van der Waals surface area contributed by atoms with E-state index in [9.17, 15) is 4.79 Å². The molecule has 5 nitrogen and oxygen atoms in total. The summed E-state index contributed by atoms with van der Waals surface area (Å²) in [6, 6.07) is 3.81. The van der Waals surface area contributed by atoms with E-state index >= 15 is 0 Å². The van der Waals surface area contributed by atoms with Gasteiger partial charge in [-0.25, -0.2) is 4.98 Å². The van der Waals surface area contributed by atoms with E-state index < -0.39 is 0 Å². The molecule has 0 radical (unpaired) electrons. The molecule has 1 fully saturated rings. The average molecular weight is 285 g/mol. The Morgan fingerprint density at radius 3 is 2.94 bits per heavy atom. The van der Waals surface area contributed by atoms with Crippen LogP contribution in [0.5, 0.6) is 0 Å². The summed E-state index contributed by atoms with van der Waals surface area (Å²) in [7, 11) is 0. The van der Waals surface area contributed by atoms with Crippen molar-refractivity contribution >= 4 is 27.7 Å². The average Bonchev–Trinajstić information content (AvgIpc) is 2.19. The molecular weight excluding hydrogens is 272 g/mol. The number of carbonyl (C=O) groups is 1. The Labute approximate surface area is 102 Å². The number of nitrogens with two attached hydrogens (primary N) is 1. The molecule has 86 valence electrons. The summed E-state index contributed by atoms with van der Waals surface area (Å²) in [5, 5.41) is 2.73. The SMILES string of the molecule is NC1CN(CC(=O)Nc2ccc(Br)cn2)C1. The van der Waals surface area contributed by atoms with Crippen molar-refractivity contribution in [1.82, 2.24) is 9.88 Å². The largest absolute Gasteiger partial charge is 0.325 e. The van der Waals surface area contributed by atoms with E-state index in [0.717, 1.165) is 17.6 Å². The van der Waals surface area contributed by atoms with E-state index in [-0.39, 0.29) is 11.9 Å². The lowest BCUT2D eigenvalue weighted by atomic mass is 10.1. The third kappa shape index (κ3) is 3.01. The van der Waals surface area contributed by atoms with Crippen molar-refractivity contribution in [3.8, 4) is 0 Å².